The lowest BCUT2D eigenvalue weighted by Crippen LogP contribution is -2.41. The molecule has 0 bridgehead atoms. The van der Waals surface area contributed by atoms with Gasteiger partial charge in [0.2, 0.25) is 0 Å². The van der Waals surface area contributed by atoms with E-state index in [1.54, 1.807) is 18.3 Å². The van der Waals surface area contributed by atoms with Gasteiger partial charge in [-0.3, -0.25) is 15.0 Å². The molecule has 0 fully saturated rings. The zero-order valence-electron chi connectivity index (χ0n) is 15.3. The van der Waals surface area contributed by atoms with E-state index < -0.39 is 0 Å². The third-order valence-corrected chi connectivity index (χ3v) is 4.90. The van der Waals surface area contributed by atoms with Crippen LogP contribution in [0.25, 0.3) is 22.2 Å². The number of halogens is 1. The van der Waals surface area contributed by atoms with E-state index in [1.165, 1.54) is 6.07 Å². The fraction of sp³-hybridized carbons (Fsp3) is 0.0909. The summed E-state index contributed by atoms with van der Waals surface area (Å²) < 4.78 is 14.2. The van der Waals surface area contributed by atoms with Crippen molar-refractivity contribution in [2.45, 2.75) is 6.54 Å². The third kappa shape index (κ3) is 2.84. The van der Waals surface area contributed by atoms with E-state index in [0.29, 0.717) is 17.8 Å². The van der Waals surface area contributed by atoms with Crippen molar-refractivity contribution in [2.75, 3.05) is 17.1 Å². The van der Waals surface area contributed by atoms with E-state index in [1.807, 2.05) is 47.4 Å². The lowest BCUT2D eigenvalue weighted by atomic mass is 10.1. The van der Waals surface area contributed by atoms with Crippen molar-refractivity contribution in [3.05, 3.63) is 84.3 Å². The predicted molar refractivity (Wildman–Crippen MR) is 109 cm³/mol. The van der Waals surface area contributed by atoms with Crippen LogP contribution >= 0.6 is 0 Å². The Balaban J connectivity index is 1.51. The molecule has 1 aliphatic heterocycles. The molecule has 0 radical (unpaired) electrons. The number of hydrogen-bond acceptors (Lipinski definition) is 5. The number of anilines is 2. The summed E-state index contributed by atoms with van der Waals surface area (Å²) in [5.41, 5.74) is 7.46. The van der Waals surface area contributed by atoms with Crippen LogP contribution < -0.4 is 15.6 Å². The summed E-state index contributed by atoms with van der Waals surface area (Å²) in [6.45, 7) is 0.621. The first-order chi connectivity index (χ1) is 13.7. The first kappa shape index (κ1) is 16.6. The van der Waals surface area contributed by atoms with Crippen LogP contribution in [0.5, 0.6) is 0 Å². The van der Waals surface area contributed by atoms with Gasteiger partial charge in [-0.1, -0.05) is 24.3 Å². The Morgan fingerprint density at radius 2 is 1.89 bits per heavy atom. The lowest BCUT2D eigenvalue weighted by Gasteiger charge is -2.19. The molecule has 3 heterocycles. The van der Waals surface area contributed by atoms with Gasteiger partial charge < -0.3 is 0 Å². The summed E-state index contributed by atoms with van der Waals surface area (Å²) in [7, 11) is 1.94. The molecule has 0 saturated carbocycles. The van der Waals surface area contributed by atoms with Gasteiger partial charge in [0.05, 0.1) is 23.4 Å². The van der Waals surface area contributed by atoms with Crippen LogP contribution in [0, 0.1) is 5.82 Å². The number of nitrogens with zero attached hydrogens (tertiary/aromatic N) is 4. The molecule has 5 rings (SSSR count). The second kappa shape index (κ2) is 6.58. The lowest BCUT2D eigenvalue weighted by molar-refractivity contribution is 0.630. The van der Waals surface area contributed by atoms with Crippen LogP contribution in [0.2, 0.25) is 0 Å². The Labute approximate surface area is 162 Å². The average Bonchev–Trinajstić information content (AvgIpc) is 3.03. The zero-order chi connectivity index (χ0) is 19.1. The maximum atomic E-state index is 14.2. The largest absolute Gasteiger partial charge is 0.290 e. The van der Waals surface area contributed by atoms with Gasteiger partial charge in [-0.05, 0) is 48.0 Å². The molecule has 1 aliphatic rings. The molecule has 138 valence electrons. The van der Waals surface area contributed by atoms with Crippen molar-refractivity contribution in [2.24, 2.45) is 0 Å². The molecule has 0 unspecified atom stereocenters. The Kier molecular flexibility index (Phi) is 3.91. The van der Waals surface area contributed by atoms with Gasteiger partial charge in [0.1, 0.15) is 5.82 Å². The van der Waals surface area contributed by atoms with Gasteiger partial charge in [0.15, 0.2) is 5.82 Å². The maximum absolute atomic E-state index is 14.2. The van der Waals surface area contributed by atoms with E-state index >= 15 is 0 Å². The first-order valence-electron chi connectivity index (χ1n) is 9.06. The topological polar surface area (TPSA) is 44.3 Å². The van der Waals surface area contributed by atoms with Gasteiger partial charge in [-0.25, -0.2) is 9.37 Å². The number of nitrogens with one attached hydrogen (secondary N) is 1. The van der Waals surface area contributed by atoms with Crippen molar-refractivity contribution in [1.82, 2.24) is 15.5 Å². The zero-order valence-corrected chi connectivity index (χ0v) is 15.3. The Hall–Kier alpha value is -3.51. The van der Waals surface area contributed by atoms with Crippen molar-refractivity contribution < 1.29 is 4.39 Å². The Bertz CT molecular complexity index is 1180. The fourth-order valence-electron chi connectivity index (χ4n) is 3.52. The maximum Gasteiger partial charge on any atom is 0.170 e. The standard InChI is InChI=1S/C22H18FN5/c1-27-21-11-10-20(17-6-2-3-7-18(17)23)25-22(21)28(26-27)14-15-8-9-19-16(13-15)5-4-12-24-19/h2-13,26H,14H2,1H3. The second-order valence-corrected chi connectivity index (χ2v) is 6.79. The highest BCUT2D eigenvalue weighted by Gasteiger charge is 2.25. The number of hydrogen-bond donors (Lipinski definition) is 1. The summed E-state index contributed by atoms with van der Waals surface area (Å²) in [6.07, 6.45) is 1.80. The Morgan fingerprint density at radius 1 is 1.00 bits per heavy atom. The third-order valence-electron chi connectivity index (χ3n) is 4.90. The highest BCUT2D eigenvalue weighted by molar-refractivity contribution is 5.79. The second-order valence-electron chi connectivity index (χ2n) is 6.79. The molecular formula is C22H18FN5. The normalized spacial score (nSPS) is 13.2. The summed E-state index contributed by atoms with van der Waals surface area (Å²) >= 11 is 0. The van der Waals surface area contributed by atoms with Gasteiger partial charge in [-0.15, -0.1) is 5.53 Å². The monoisotopic (exact) mass is 371 g/mol. The summed E-state index contributed by atoms with van der Waals surface area (Å²) in [6, 6.07) is 20.7. The highest BCUT2D eigenvalue weighted by atomic mass is 19.1. The minimum Gasteiger partial charge on any atom is -0.290 e. The van der Waals surface area contributed by atoms with Gasteiger partial charge in [0, 0.05) is 24.2 Å². The molecule has 0 amide bonds. The van der Waals surface area contributed by atoms with E-state index in [-0.39, 0.29) is 5.82 Å². The van der Waals surface area contributed by atoms with Crippen LogP contribution in [0.4, 0.5) is 15.9 Å². The number of fused-ring (bicyclic) bond motifs is 2. The van der Waals surface area contributed by atoms with Crippen LogP contribution in [0.15, 0.2) is 72.9 Å². The number of pyridine rings is 2. The van der Waals surface area contributed by atoms with Crippen molar-refractivity contribution >= 4 is 22.4 Å². The van der Waals surface area contributed by atoms with Gasteiger partial charge in [-0.2, -0.15) is 0 Å². The van der Waals surface area contributed by atoms with Crippen LogP contribution in [-0.4, -0.2) is 17.0 Å². The van der Waals surface area contributed by atoms with E-state index in [4.69, 9.17) is 4.98 Å². The molecule has 28 heavy (non-hydrogen) atoms. The molecule has 4 aromatic rings. The number of rotatable bonds is 3. The Morgan fingerprint density at radius 3 is 2.79 bits per heavy atom. The SMILES string of the molecule is CN1NN(Cc2ccc3ncccc3c2)c2nc(-c3ccccc3F)ccc21. The quantitative estimate of drug-likeness (QED) is 0.581. The van der Waals surface area contributed by atoms with E-state index in [9.17, 15) is 4.39 Å². The average molecular weight is 371 g/mol. The van der Waals surface area contributed by atoms with Gasteiger partial charge >= 0.3 is 0 Å². The van der Waals surface area contributed by atoms with Crippen molar-refractivity contribution in [1.29, 1.82) is 0 Å². The molecule has 0 atom stereocenters. The summed E-state index contributed by atoms with van der Waals surface area (Å²) in [4.78, 5) is 9.11. The van der Waals surface area contributed by atoms with E-state index in [0.717, 1.165) is 28.0 Å². The molecule has 0 saturated heterocycles. The summed E-state index contributed by atoms with van der Waals surface area (Å²) in [5, 5.41) is 4.98. The predicted octanol–water partition coefficient (Wildman–Crippen LogP) is 4.31. The molecule has 6 heteroatoms. The first-order valence-corrected chi connectivity index (χ1v) is 9.06. The van der Waals surface area contributed by atoms with Crippen LogP contribution in [0.1, 0.15) is 5.56 Å². The number of benzene rings is 2. The molecule has 1 N–H and O–H groups in total. The molecule has 2 aromatic carbocycles. The molecule has 5 nitrogen and oxygen atoms in total. The smallest absolute Gasteiger partial charge is 0.170 e. The minimum absolute atomic E-state index is 0.275. The van der Waals surface area contributed by atoms with Crippen LogP contribution in [-0.2, 0) is 6.54 Å². The summed E-state index contributed by atoms with van der Waals surface area (Å²) in [5.74, 6) is 0.498. The fourth-order valence-corrected chi connectivity index (χ4v) is 3.52. The number of aromatic nitrogens is 2. The van der Waals surface area contributed by atoms with E-state index in [2.05, 4.69) is 28.7 Å². The molecule has 0 spiro atoms. The van der Waals surface area contributed by atoms with Crippen molar-refractivity contribution in [3.63, 3.8) is 0 Å². The van der Waals surface area contributed by atoms with Crippen molar-refractivity contribution in [3.8, 4) is 11.3 Å². The molecule has 2 aromatic heterocycles. The number of hydrazine groups is 2. The van der Waals surface area contributed by atoms with Crippen LogP contribution in [0.3, 0.4) is 0 Å². The highest BCUT2D eigenvalue weighted by Crippen LogP contribution is 2.34. The molecular weight excluding hydrogens is 353 g/mol. The minimum atomic E-state index is -0.275. The van der Waals surface area contributed by atoms with Gasteiger partial charge in [0.25, 0.3) is 0 Å². The molecule has 0 aliphatic carbocycles.